The van der Waals surface area contributed by atoms with Crippen molar-refractivity contribution in [1.29, 1.82) is 0 Å². The summed E-state index contributed by atoms with van der Waals surface area (Å²) in [5.41, 5.74) is -0.489. The van der Waals surface area contributed by atoms with E-state index in [-0.39, 0.29) is 11.5 Å². The fourth-order valence-corrected chi connectivity index (χ4v) is 1.31. The van der Waals surface area contributed by atoms with E-state index in [4.69, 9.17) is 5.11 Å². The second-order valence-corrected chi connectivity index (χ2v) is 3.29. The van der Waals surface area contributed by atoms with Crippen molar-refractivity contribution in [3.63, 3.8) is 0 Å². The van der Waals surface area contributed by atoms with Crippen molar-refractivity contribution in [2.75, 3.05) is 0 Å². The molecule has 86 valence electrons. The zero-order valence-corrected chi connectivity index (χ0v) is 8.48. The first-order chi connectivity index (χ1) is 8.06. The lowest BCUT2D eigenvalue weighted by atomic mass is 10.2. The highest BCUT2D eigenvalue weighted by molar-refractivity contribution is 5.85. The SMILES string of the molecule is O=C(O)c1cc(=O)[nH]c(-c2ccc(F)cc2)n1. The minimum Gasteiger partial charge on any atom is -0.477 e. The van der Waals surface area contributed by atoms with E-state index < -0.39 is 17.3 Å². The third kappa shape index (κ3) is 2.36. The zero-order valence-electron chi connectivity index (χ0n) is 8.48. The van der Waals surface area contributed by atoms with Gasteiger partial charge in [0.2, 0.25) is 0 Å². The van der Waals surface area contributed by atoms with E-state index in [0.29, 0.717) is 5.56 Å². The molecule has 2 aromatic rings. The van der Waals surface area contributed by atoms with Gasteiger partial charge >= 0.3 is 5.97 Å². The molecule has 2 rings (SSSR count). The molecular formula is C11H7FN2O3. The van der Waals surface area contributed by atoms with E-state index in [1.807, 2.05) is 0 Å². The number of halogens is 1. The van der Waals surface area contributed by atoms with Crippen LogP contribution in [0.15, 0.2) is 35.1 Å². The van der Waals surface area contributed by atoms with Crippen molar-refractivity contribution in [3.05, 3.63) is 52.2 Å². The predicted octanol–water partition coefficient (Wildman–Crippen LogP) is 1.27. The second-order valence-electron chi connectivity index (χ2n) is 3.29. The van der Waals surface area contributed by atoms with Gasteiger partial charge in [0, 0.05) is 11.6 Å². The Bertz CT molecular complexity index is 619. The minimum atomic E-state index is -1.29. The normalized spacial score (nSPS) is 10.2. The van der Waals surface area contributed by atoms with Gasteiger partial charge in [-0.2, -0.15) is 0 Å². The van der Waals surface area contributed by atoms with E-state index in [2.05, 4.69) is 9.97 Å². The van der Waals surface area contributed by atoms with Crippen LogP contribution in [0.1, 0.15) is 10.5 Å². The number of aromatic nitrogens is 2. The maximum absolute atomic E-state index is 12.7. The van der Waals surface area contributed by atoms with Crippen molar-refractivity contribution in [3.8, 4) is 11.4 Å². The Morgan fingerprint density at radius 2 is 1.94 bits per heavy atom. The maximum atomic E-state index is 12.7. The number of hydrogen-bond acceptors (Lipinski definition) is 3. The van der Waals surface area contributed by atoms with Crippen molar-refractivity contribution >= 4 is 5.97 Å². The molecule has 0 bridgehead atoms. The summed E-state index contributed by atoms with van der Waals surface area (Å²) < 4.78 is 12.7. The molecule has 0 atom stereocenters. The Balaban J connectivity index is 2.55. The van der Waals surface area contributed by atoms with Gasteiger partial charge in [-0.05, 0) is 24.3 Å². The molecule has 1 heterocycles. The molecule has 0 amide bonds. The zero-order chi connectivity index (χ0) is 12.4. The lowest BCUT2D eigenvalue weighted by Crippen LogP contribution is -2.13. The summed E-state index contributed by atoms with van der Waals surface area (Å²) in [6, 6.07) is 6.08. The van der Waals surface area contributed by atoms with E-state index in [1.54, 1.807) is 0 Å². The lowest BCUT2D eigenvalue weighted by molar-refractivity contribution is 0.0690. The van der Waals surface area contributed by atoms with Crippen LogP contribution >= 0.6 is 0 Å². The monoisotopic (exact) mass is 234 g/mol. The van der Waals surface area contributed by atoms with Crippen LogP contribution in [-0.2, 0) is 0 Å². The Morgan fingerprint density at radius 1 is 1.29 bits per heavy atom. The van der Waals surface area contributed by atoms with Crippen molar-refractivity contribution in [2.45, 2.75) is 0 Å². The summed E-state index contributed by atoms with van der Waals surface area (Å²) in [6.45, 7) is 0. The highest BCUT2D eigenvalue weighted by Gasteiger charge is 2.09. The van der Waals surface area contributed by atoms with Crippen LogP contribution in [0.2, 0.25) is 0 Å². The van der Waals surface area contributed by atoms with Crippen molar-refractivity contribution in [2.24, 2.45) is 0 Å². The highest BCUT2D eigenvalue weighted by atomic mass is 19.1. The van der Waals surface area contributed by atoms with Gasteiger partial charge in [-0.25, -0.2) is 14.2 Å². The third-order valence-electron chi connectivity index (χ3n) is 2.08. The number of carboxylic acid groups (broad SMARTS) is 1. The minimum absolute atomic E-state index is 0.0925. The van der Waals surface area contributed by atoms with E-state index in [0.717, 1.165) is 6.07 Å². The van der Waals surface area contributed by atoms with Gasteiger partial charge in [-0.15, -0.1) is 0 Å². The standard InChI is InChI=1S/C11H7FN2O3/c12-7-3-1-6(2-4-7)10-13-8(11(16)17)5-9(15)14-10/h1-5H,(H,16,17)(H,13,14,15). The topological polar surface area (TPSA) is 83.0 Å². The number of carbonyl (C=O) groups is 1. The Labute approximate surface area is 94.6 Å². The van der Waals surface area contributed by atoms with E-state index >= 15 is 0 Å². The molecule has 1 aromatic carbocycles. The maximum Gasteiger partial charge on any atom is 0.354 e. The van der Waals surface area contributed by atoms with Gasteiger partial charge in [0.25, 0.3) is 5.56 Å². The number of aromatic amines is 1. The number of nitrogens with one attached hydrogen (secondary N) is 1. The molecule has 6 heteroatoms. The summed E-state index contributed by atoms with van der Waals surface area (Å²) in [7, 11) is 0. The van der Waals surface area contributed by atoms with Crippen LogP contribution in [0.4, 0.5) is 4.39 Å². The molecule has 5 nitrogen and oxygen atoms in total. The van der Waals surface area contributed by atoms with Gasteiger partial charge in [0.05, 0.1) is 0 Å². The summed E-state index contributed by atoms with van der Waals surface area (Å²) in [5, 5.41) is 8.75. The third-order valence-corrected chi connectivity index (χ3v) is 2.08. The van der Waals surface area contributed by atoms with E-state index in [1.165, 1.54) is 24.3 Å². The molecule has 0 aliphatic carbocycles. The van der Waals surface area contributed by atoms with Gasteiger partial charge < -0.3 is 10.1 Å². The molecule has 0 saturated heterocycles. The summed E-state index contributed by atoms with van der Waals surface area (Å²) >= 11 is 0. The number of H-pyrrole nitrogens is 1. The van der Waals surface area contributed by atoms with Gasteiger partial charge in [0.15, 0.2) is 5.69 Å². The van der Waals surface area contributed by atoms with Gasteiger partial charge in [0.1, 0.15) is 11.6 Å². The van der Waals surface area contributed by atoms with Crippen LogP contribution in [0.5, 0.6) is 0 Å². The van der Waals surface area contributed by atoms with Crippen LogP contribution < -0.4 is 5.56 Å². The quantitative estimate of drug-likeness (QED) is 0.819. The summed E-state index contributed by atoms with van der Waals surface area (Å²) in [4.78, 5) is 28.1. The number of nitrogens with zero attached hydrogens (tertiary/aromatic N) is 1. The van der Waals surface area contributed by atoms with Crippen molar-refractivity contribution < 1.29 is 14.3 Å². The smallest absolute Gasteiger partial charge is 0.354 e. The van der Waals surface area contributed by atoms with Crippen LogP contribution in [0, 0.1) is 5.82 Å². The molecule has 0 unspecified atom stereocenters. The lowest BCUT2D eigenvalue weighted by Gasteiger charge is -2.01. The predicted molar refractivity (Wildman–Crippen MR) is 57.2 cm³/mol. The van der Waals surface area contributed by atoms with E-state index in [9.17, 15) is 14.0 Å². The van der Waals surface area contributed by atoms with Crippen LogP contribution in [0.3, 0.4) is 0 Å². The molecule has 2 N–H and O–H groups in total. The largest absolute Gasteiger partial charge is 0.477 e. The number of carboxylic acids is 1. The number of benzene rings is 1. The molecule has 0 radical (unpaired) electrons. The molecule has 0 saturated carbocycles. The Morgan fingerprint density at radius 3 is 2.53 bits per heavy atom. The molecule has 17 heavy (non-hydrogen) atoms. The average Bonchev–Trinajstić information content (AvgIpc) is 2.29. The molecule has 0 spiro atoms. The summed E-state index contributed by atoms with van der Waals surface area (Å²) in [5.74, 6) is -1.63. The molecular weight excluding hydrogens is 227 g/mol. The Kier molecular flexibility index (Phi) is 2.70. The molecule has 0 fully saturated rings. The summed E-state index contributed by atoms with van der Waals surface area (Å²) in [6.07, 6.45) is 0. The van der Waals surface area contributed by atoms with Crippen molar-refractivity contribution in [1.82, 2.24) is 9.97 Å². The average molecular weight is 234 g/mol. The first kappa shape index (κ1) is 11.0. The van der Waals surface area contributed by atoms with Crippen LogP contribution in [-0.4, -0.2) is 21.0 Å². The number of aromatic carboxylic acids is 1. The number of hydrogen-bond donors (Lipinski definition) is 2. The molecule has 0 aliphatic heterocycles. The fraction of sp³-hybridized carbons (Fsp3) is 0. The second kappa shape index (κ2) is 4.17. The number of rotatable bonds is 2. The van der Waals surface area contributed by atoms with Gasteiger partial charge in [-0.1, -0.05) is 0 Å². The molecule has 1 aromatic heterocycles. The first-order valence-corrected chi connectivity index (χ1v) is 4.67. The highest BCUT2D eigenvalue weighted by Crippen LogP contribution is 2.13. The fourth-order valence-electron chi connectivity index (χ4n) is 1.31. The first-order valence-electron chi connectivity index (χ1n) is 4.67. The molecule has 0 aliphatic rings. The Hall–Kier alpha value is -2.50. The van der Waals surface area contributed by atoms with Crippen LogP contribution in [0.25, 0.3) is 11.4 Å². The van der Waals surface area contributed by atoms with Gasteiger partial charge in [-0.3, -0.25) is 4.79 Å².